The number of carbonyl (C=O) groups excluding carboxylic acids is 1. The van der Waals surface area contributed by atoms with Crippen LogP contribution in [0, 0.1) is 5.41 Å². The van der Waals surface area contributed by atoms with Crippen LogP contribution in [0.5, 0.6) is 0 Å². The predicted molar refractivity (Wildman–Crippen MR) is 40.9 cm³/mol. The van der Waals surface area contributed by atoms with Crippen LogP contribution in [-0.4, -0.2) is 24.6 Å². The Labute approximate surface area is 65.8 Å². The van der Waals surface area contributed by atoms with Gasteiger partial charge in [-0.2, -0.15) is 0 Å². The monoisotopic (exact) mass is 156 g/mol. The standard InChI is InChI=1S/C7H12N2O2/c1-3-6(9-5-8)7(10)11-4-2/h6,8H,3-4H2,1-2H3. The molecule has 0 amide bonds. The average Bonchev–Trinajstić information content (AvgIpc) is 2.00. The minimum absolute atomic E-state index is 0.350. The predicted octanol–water partition coefficient (Wildman–Crippen LogP) is 1.08. The zero-order valence-electron chi connectivity index (χ0n) is 6.76. The number of hydrogen-bond donors (Lipinski definition) is 1. The van der Waals surface area contributed by atoms with E-state index in [0.29, 0.717) is 13.0 Å². The SMILES string of the molecule is CCOC(=O)C(CC)N=C=N. The first kappa shape index (κ1) is 9.85. The molecule has 0 rings (SSSR count). The van der Waals surface area contributed by atoms with Gasteiger partial charge in [-0.3, -0.25) is 0 Å². The molecule has 0 radical (unpaired) electrons. The van der Waals surface area contributed by atoms with E-state index in [0.717, 1.165) is 0 Å². The molecule has 0 heterocycles. The third-order valence-corrected chi connectivity index (χ3v) is 1.17. The van der Waals surface area contributed by atoms with Crippen molar-refractivity contribution < 1.29 is 9.53 Å². The Balaban J connectivity index is 4.02. The molecule has 0 saturated heterocycles. The van der Waals surface area contributed by atoms with Gasteiger partial charge in [0.1, 0.15) is 0 Å². The van der Waals surface area contributed by atoms with Crippen molar-refractivity contribution in [3.05, 3.63) is 0 Å². The van der Waals surface area contributed by atoms with Gasteiger partial charge < -0.3 is 4.74 Å². The second kappa shape index (κ2) is 5.62. The fourth-order valence-electron chi connectivity index (χ4n) is 0.627. The molecule has 1 unspecified atom stereocenters. The number of ether oxygens (including phenoxy) is 1. The van der Waals surface area contributed by atoms with Crippen LogP contribution in [-0.2, 0) is 9.53 Å². The number of nitrogens with one attached hydrogen (secondary N) is 1. The molecule has 4 heteroatoms. The number of aliphatic imine (C=N–C) groups is 1. The van der Waals surface area contributed by atoms with E-state index in [2.05, 4.69) is 4.99 Å². The Bertz CT molecular complexity index is 173. The van der Waals surface area contributed by atoms with Gasteiger partial charge >= 0.3 is 5.97 Å². The van der Waals surface area contributed by atoms with Gasteiger partial charge in [0.2, 0.25) is 0 Å². The molecule has 0 aromatic rings. The maximum atomic E-state index is 10.9. The minimum atomic E-state index is -0.549. The summed E-state index contributed by atoms with van der Waals surface area (Å²) in [7, 11) is 0. The number of hydrogen-bond acceptors (Lipinski definition) is 4. The smallest absolute Gasteiger partial charge is 0.331 e. The molecule has 62 valence electrons. The summed E-state index contributed by atoms with van der Waals surface area (Å²) in [5.41, 5.74) is 0. The molecular weight excluding hydrogens is 144 g/mol. The van der Waals surface area contributed by atoms with Crippen molar-refractivity contribution in [3.8, 4) is 0 Å². The van der Waals surface area contributed by atoms with E-state index >= 15 is 0 Å². The molecule has 11 heavy (non-hydrogen) atoms. The third kappa shape index (κ3) is 3.53. The first-order valence-electron chi connectivity index (χ1n) is 3.54. The van der Waals surface area contributed by atoms with Gasteiger partial charge in [-0.1, -0.05) is 6.92 Å². The van der Waals surface area contributed by atoms with E-state index in [1.54, 1.807) is 6.92 Å². The fraction of sp³-hybridized carbons (Fsp3) is 0.714. The largest absolute Gasteiger partial charge is 0.464 e. The van der Waals surface area contributed by atoms with Gasteiger partial charge in [-0.05, 0) is 13.3 Å². The summed E-state index contributed by atoms with van der Waals surface area (Å²) in [6.45, 7) is 3.89. The van der Waals surface area contributed by atoms with Crippen molar-refractivity contribution in [2.45, 2.75) is 26.3 Å². The second-order valence-electron chi connectivity index (χ2n) is 1.92. The summed E-state index contributed by atoms with van der Waals surface area (Å²) in [5, 5.41) is 6.54. The maximum absolute atomic E-state index is 10.9. The Hall–Kier alpha value is -1.15. The molecule has 0 aromatic carbocycles. The normalized spacial score (nSPS) is 11.5. The second-order valence-corrected chi connectivity index (χ2v) is 1.92. The first-order chi connectivity index (χ1) is 5.26. The maximum Gasteiger partial charge on any atom is 0.331 e. The Kier molecular flexibility index (Phi) is 5.03. The first-order valence-corrected chi connectivity index (χ1v) is 3.54. The van der Waals surface area contributed by atoms with E-state index in [9.17, 15) is 4.79 Å². The van der Waals surface area contributed by atoms with Crippen LogP contribution >= 0.6 is 0 Å². The third-order valence-electron chi connectivity index (χ3n) is 1.17. The molecule has 0 spiro atoms. The molecule has 0 aromatic heterocycles. The van der Waals surface area contributed by atoms with Crippen LogP contribution in [0.25, 0.3) is 0 Å². The van der Waals surface area contributed by atoms with Crippen molar-refractivity contribution in [2.24, 2.45) is 4.99 Å². The highest BCUT2D eigenvalue weighted by Crippen LogP contribution is 1.98. The number of carbonyl (C=O) groups is 1. The summed E-state index contributed by atoms with van der Waals surface area (Å²) in [4.78, 5) is 14.4. The Morgan fingerprint density at radius 2 is 2.36 bits per heavy atom. The Morgan fingerprint density at radius 1 is 1.73 bits per heavy atom. The quantitative estimate of drug-likeness (QED) is 0.489. The Morgan fingerprint density at radius 3 is 2.73 bits per heavy atom. The molecule has 1 N–H and O–H groups in total. The number of esters is 1. The van der Waals surface area contributed by atoms with Crippen molar-refractivity contribution in [1.82, 2.24) is 0 Å². The lowest BCUT2D eigenvalue weighted by atomic mass is 10.2. The highest BCUT2D eigenvalue weighted by Gasteiger charge is 2.14. The summed E-state index contributed by atoms with van der Waals surface area (Å²) in [5.74, 6) is -0.380. The van der Waals surface area contributed by atoms with Gasteiger partial charge in [0.25, 0.3) is 0 Å². The highest BCUT2D eigenvalue weighted by atomic mass is 16.5. The van der Waals surface area contributed by atoms with E-state index in [1.807, 2.05) is 12.9 Å². The lowest BCUT2D eigenvalue weighted by Crippen LogP contribution is -2.20. The zero-order chi connectivity index (χ0) is 8.69. The van der Waals surface area contributed by atoms with Crippen molar-refractivity contribution in [2.75, 3.05) is 6.61 Å². The molecule has 0 saturated carbocycles. The fourth-order valence-corrected chi connectivity index (χ4v) is 0.627. The number of nitrogens with zero attached hydrogens (tertiary/aromatic N) is 1. The molecule has 0 aliphatic rings. The lowest BCUT2D eigenvalue weighted by Gasteiger charge is -2.05. The van der Waals surface area contributed by atoms with Crippen LogP contribution in [0.15, 0.2) is 4.99 Å². The van der Waals surface area contributed by atoms with Crippen LogP contribution in [0.3, 0.4) is 0 Å². The summed E-state index contributed by atoms with van der Waals surface area (Å²) >= 11 is 0. The molecular formula is C7H12N2O2. The lowest BCUT2D eigenvalue weighted by molar-refractivity contribution is -0.144. The molecule has 0 aliphatic heterocycles. The van der Waals surface area contributed by atoms with Gasteiger partial charge in [-0.15, -0.1) is 0 Å². The topological polar surface area (TPSA) is 62.5 Å². The van der Waals surface area contributed by atoms with Crippen LogP contribution < -0.4 is 0 Å². The van der Waals surface area contributed by atoms with Gasteiger partial charge in [0.05, 0.1) is 12.6 Å². The van der Waals surface area contributed by atoms with Crippen LogP contribution in [0.1, 0.15) is 20.3 Å². The average molecular weight is 156 g/mol. The van der Waals surface area contributed by atoms with E-state index in [-0.39, 0.29) is 5.97 Å². The molecule has 1 atom stereocenters. The van der Waals surface area contributed by atoms with Gasteiger partial charge in [0, 0.05) is 0 Å². The number of rotatable bonds is 4. The molecule has 0 aliphatic carbocycles. The van der Waals surface area contributed by atoms with Crippen LogP contribution in [0.2, 0.25) is 0 Å². The van der Waals surface area contributed by atoms with Crippen molar-refractivity contribution >= 4 is 12.0 Å². The van der Waals surface area contributed by atoms with E-state index < -0.39 is 6.04 Å². The molecule has 0 fully saturated rings. The minimum Gasteiger partial charge on any atom is -0.464 e. The summed E-state index contributed by atoms with van der Waals surface area (Å²) in [6.07, 6.45) is 0.546. The zero-order valence-corrected chi connectivity index (χ0v) is 6.76. The van der Waals surface area contributed by atoms with E-state index in [1.165, 1.54) is 0 Å². The molecule has 0 bridgehead atoms. The van der Waals surface area contributed by atoms with Crippen molar-refractivity contribution in [1.29, 1.82) is 5.41 Å². The van der Waals surface area contributed by atoms with Gasteiger partial charge in [-0.25, -0.2) is 15.2 Å². The highest BCUT2D eigenvalue weighted by molar-refractivity contribution is 5.76. The molecule has 4 nitrogen and oxygen atoms in total. The summed E-state index contributed by atoms with van der Waals surface area (Å²) in [6, 6.07) is 1.28. The van der Waals surface area contributed by atoms with E-state index in [4.69, 9.17) is 10.1 Å². The van der Waals surface area contributed by atoms with Gasteiger partial charge in [0.15, 0.2) is 6.04 Å². The summed E-state index contributed by atoms with van der Waals surface area (Å²) < 4.78 is 4.69. The van der Waals surface area contributed by atoms with Crippen LogP contribution in [0.4, 0.5) is 0 Å². The van der Waals surface area contributed by atoms with Crippen molar-refractivity contribution in [3.63, 3.8) is 0 Å².